The quantitative estimate of drug-likeness (QED) is 0.159. The van der Waals surface area contributed by atoms with E-state index in [2.05, 4.69) is 0 Å². The summed E-state index contributed by atoms with van der Waals surface area (Å²) in [6, 6.07) is -15.9. The van der Waals surface area contributed by atoms with Crippen LogP contribution in [0, 0.1) is 0 Å². The van der Waals surface area contributed by atoms with Gasteiger partial charge in [-0.1, -0.05) is 200 Å². The number of rotatable bonds is 7. The van der Waals surface area contributed by atoms with E-state index in [1.807, 2.05) is 0 Å². The highest BCUT2D eigenvalue weighted by Crippen LogP contribution is 2.57. The van der Waals surface area contributed by atoms with E-state index in [4.69, 9.17) is 22.2 Å². The van der Waals surface area contributed by atoms with Crippen molar-refractivity contribution in [1.82, 2.24) is 0 Å². The average Bonchev–Trinajstić information content (AvgIpc) is 1.52. The van der Waals surface area contributed by atoms with Gasteiger partial charge in [-0.05, 0) is 91.7 Å². The predicted molar refractivity (Wildman–Crippen MR) is 254 cm³/mol. The third kappa shape index (κ3) is 5.43. The molecule has 0 aliphatic heterocycles. The standard InChI is InChI=1S/C59H39NO/c1-4-17-41(18-5-1)47-24-13-15-29-55(47)60(56-30-16-27-51-52-38-33-42-19-10-11-25-48(42)57(52)61-58(51)56)46-35-31-40(32-36-46)43-34-37-50-49-26-12-14-28-53(49)59(54(50)39-43,44-20-6-2-7-21-44)45-22-8-3-9-23-45/h1-39H/i2D,3D,6D,7D,8D,9D,10D,11D,12D,14D,16D,19D,20D,21D,22D,23D,25D,26D,27D,28D,30D,31D,32D,33D,34D,35D,36D,37D,38D,39D. The van der Waals surface area contributed by atoms with Crippen molar-refractivity contribution in [2.45, 2.75) is 5.41 Å². The van der Waals surface area contributed by atoms with Crippen molar-refractivity contribution in [3.63, 3.8) is 0 Å². The van der Waals surface area contributed by atoms with Crippen LogP contribution < -0.4 is 4.90 Å². The van der Waals surface area contributed by atoms with Crippen LogP contribution in [0.5, 0.6) is 0 Å². The minimum Gasteiger partial charge on any atom is -0.453 e. The molecule has 0 radical (unpaired) electrons. The Bertz CT molecular complexity index is 5040. The second-order valence-electron chi connectivity index (χ2n) is 13.7. The molecule has 286 valence electrons. The summed E-state index contributed by atoms with van der Waals surface area (Å²) in [5, 5.41) is -1.73. The Morgan fingerprint density at radius 3 is 1.84 bits per heavy atom. The molecule has 1 heterocycles. The topological polar surface area (TPSA) is 16.4 Å². The number of furan rings is 1. The summed E-state index contributed by atoms with van der Waals surface area (Å²) in [4.78, 5) is 0.989. The SMILES string of the molecule is [2H]c1c([2H])c([2H])c(C2(c3c([2H])c([2H])c([2H])c([2H])c3[2H])c3c([2H])c([2H])c([2H])c([2H])c3-c3c([2H])c([2H])c(-c4c([2H])c([2H])c(N(c5ccccc5-c5ccccc5)c5c([2H])c([2H])c([2H])c6c5oc5c7c([2H])c([2H])c([2H])c([2H])c7c([2H])c([2H])c56)c([2H])c4[2H])c([2H])c32)c([2H])c1[2H]. The lowest BCUT2D eigenvalue weighted by Gasteiger charge is -2.34. The van der Waals surface area contributed by atoms with Crippen LogP contribution in [-0.2, 0) is 5.41 Å². The molecule has 61 heavy (non-hydrogen) atoms. The van der Waals surface area contributed by atoms with E-state index < -0.39 is 275 Å². The van der Waals surface area contributed by atoms with Crippen molar-refractivity contribution in [1.29, 1.82) is 0 Å². The van der Waals surface area contributed by atoms with E-state index in [0.29, 0.717) is 5.56 Å². The number of benzene rings is 10. The van der Waals surface area contributed by atoms with Crippen molar-refractivity contribution in [3.05, 3.63) is 258 Å². The first-order chi connectivity index (χ1) is 42.8. The van der Waals surface area contributed by atoms with Gasteiger partial charge in [-0.3, -0.25) is 0 Å². The molecule has 0 saturated heterocycles. The minimum absolute atomic E-state index is 0.0817. The number of para-hydroxylation sites is 2. The van der Waals surface area contributed by atoms with Gasteiger partial charge in [0.05, 0.1) is 57.9 Å². The molecule has 11 aromatic rings. The lowest BCUT2D eigenvalue weighted by atomic mass is 9.67. The monoisotopic (exact) mass is 807 g/mol. The van der Waals surface area contributed by atoms with E-state index >= 15 is 0 Å². The molecule has 0 N–H and O–H groups in total. The number of hydrogen-bond donors (Lipinski definition) is 0. The average molecular weight is 808 g/mol. The molecule has 0 spiro atoms. The molecule has 0 saturated carbocycles. The number of fused-ring (bicyclic) bond motifs is 8. The Morgan fingerprint density at radius 2 is 1.03 bits per heavy atom. The van der Waals surface area contributed by atoms with Gasteiger partial charge in [0.25, 0.3) is 0 Å². The highest BCUT2D eigenvalue weighted by Gasteiger charge is 2.46. The molecule has 0 unspecified atom stereocenters. The van der Waals surface area contributed by atoms with Crippen LogP contribution >= 0.6 is 0 Å². The van der Waals surface area contributed by atoms with E-state index in [-0.39, 0.29) is 11.3 Å². The fourth-order valence-electron chi connectivity index (χ4n) is 7.91. The Balaban J connectivity index is 1.27. The van der Waals surface area contributed by atoms with Crippen molar-refractivity contribution in [3.8, 4) is 33.4 Å². The number of hydrogen-bond acceptors (Lipinski definition) is 2. The minimum atomic E-state index is -3.28. The van der Waals surface area contributed by atoms with Gasteiger partial charge in [-0.25, -0.2) is 0 Å². The summed E-state index contributed by atoms with van der Waals surface area (Å²) in [5.41, 5.74) is -12.7. The lowest BCUT2D eigenvalue weighted by molar-refractivity contribution is 0.673. The molecule has 10 aromatic carbocycles. The first-order valence-corrected chi connectivity index (χ1v) is 18.6. The summed E-state index contributed by atoms with van der Waals surface area (Å²) in [6.45, 7) is 0. The van der Waals surface area contributed by atoms with E-state index in [1.54, 1.807) is 42.5 Å². The molecule has 2 nitrogen and oxygen atoms in total. The second kappa shape index (κ2) is 14.1. The van der Waals surface area contributed by atoms with Gasteiger partial charge >= 0.3 is 0 Å². The molecular formula is C59H39NO. The summed E-state index contributed by atoms with van der Waals surface area (Å²) in [5.74, 6) is 0. The molecule has 1 aliphatic carbocycles. The molecule has 0 fully saturated rings. The second-order valence-corrected chi connectivity index (χ2v) is 13.7. The zero-order chi connectivity index (χ0) is 66.4. The number of anilines is 3. The van der Waals surface area contributed by atoms with Crippen LogP contribution in [0.25, 0.3) is 66.1 Å². The highest BCUT2D eigenvalue weighted by molar-refractivity contribution is 6.17. The summed E-state index contributed by atoms with van der Waals surface area (Å²) in [7, 11) is 0. The third-order valence-electron chi connectivity index (χ3n) is 10.5. The predicted octanol–water partition coefficient (Wildman–Crippen LogP) is 15.9. The van der Waals surface area contributed by atoms with Gasteiger partial charge in [0, 0.05) is 27.4 Å². The lowest BCUT2D eigenvalue weighted by Crippen LogP contribution is -2.28. The third-order valence-corrected chi connectivity index (χ3v) is 10.5. The van der Waals surface area contributed by atoms with Crippen LogP contribution in [0.4, 0.5) is 17.1 Å². The van der Waals surface area contributed by atoms with Gasteiger partial charge in [-0.15, -0.1) is 0 Å². The molecule has 0 amide bonds. The maximum Gasteiger partial charge on any atom is 0.159 e. The highest BCUT2D eigenvalue weighted by atomic mass is 16.3. The van der Waals surface area contributed by atoms with E-state index in [1.165, 1.54) is 12.1 Å². The zero-order valence-corrected chi connectivity index (χ0v) is 31.1. The normalized spacial score (nSPS) is 19.6. The van der Waals surface area contributed by atoms with Crippen molar-refractivity contribution >= 4 is 49.8 Å². The van der Waals surface area contributed by atoms with Gasteiger partial charge < -0.3 is 9.32 Å². The van der Waals surface area contributed by atoms with Crippen molar-refractivity contribution < 1.29 is 45.5 Å². The molecular weight excluding hydrogens is 739 g/mol. The number of nitrogens with zero attached hydrogens (tertiary/aromatic N) is 1. The molecule has 1 aliphatic rings. The zero-order valence-electron chi connectivity index (χ0n) is 61.1. The Labute approximate surface area is 397 Å². The van der Waals surface area contributed by atoms with Crippen LogP contribution in [0.1, 0.15) is 63.4 Å². The van der Waals surface area contributed by atoms with Gasteiger partial charge in [0.15, 0.2) is 5.58 Å². The van der Waals surface area contributed by atoms with Crippen LogP contribution in [0.15, 0.2) is 240 Å². The summed E-state index contributed by atoms with van der Waals surface area (Å²) < 4.78 is 286. The van der Waals surface area contributed by atoms with E-state index in [0.717, 1.165) is 4.90 Å². The Morgan fingerprint density at radius 1 is 0.393 bits per heavy atom. The van der Waals surface area contributed by atoms with E-state index in [9.17, 15) is 23.3 Å². The van der Waals surface area contributed by atoms with Crippen molar-refractivity contribution in [2.24, 2.45) is 0 Å². The molecule has 0 atom stereocenters. The largest absolute Gasteiger partial charge is 0.453 e. The molecule has 2 heteroatoms. The van der Waals surface area contributed by atoms with Crippen LogP contribution in [0.2, 0.25) is 0 Å². The summed E-state index contributed by atoms with van der Waals surface area (Å²) in [6.07, 6.45) is 0. The first-order valence-electron chi connectivity index (χ1n) is 33.6. The molecule has 12 rings (SSSR count). The van der Waals surface area contributed by atoms with Crippen molar-refractivity contribution in [2.75, 3.05) is 4.90 Å². The summed E-state index contributed by atoms with van der Waals surface area (Å²) >= 11 is 0. The fourth-order valence-corrected chi connectivity index (χ4v) is 7.91. The Kier molecular flexibility index (Phi) is 3.76. The van der Waals surface area contributed by atoms with Gasteiger partial charge in [0.1, 0.15) is 5.58 Å². The maximum absolute atomic E-state index is 10.4. The van der Waals surface area contributed by atoms with Crippen LogP contribution in [0.3, 0.4) is 0 Å². The molecule has 1 aromatic heterocycles. The van der Waals surface area contributed by atoms with Crippen LogP contribution in [-0.4, -0.2) is 0 Å². The molecule has 0 bridgehead atoms. The fraction of sp³-hybridized carbons (Fsp3) is 0.0169. The Hall–Kier alpha value is -7.94. The van der Waals surface area contributed by atoms with Gasteiger partial charge in [0.2, 0.25) is 0 Å². The van der Waals surface area contributed by atoms with Gasteiger partial charge in [-0.2, -0.15) is 0 Å². The first kappa shape index (κ1) is 16.3. The smallest absolute Gasteiger partial charge is 0.159 e. The maximum atomic E-state index is 10.4.